The third kappa shape index (κ3) is 55.5. The van der Waals surface area contributed by atoms with Crippen molar-refractivity contribution in [3.05, 3.63) is 24.3 Å². The van der Waals surface area contributed by atoms with Gasteiger partial charge in [0.25, 0.3) is 0 Å². The van der Waals surface area contributed by atoms with Crippen LogP contribution in [0.25, 0.3) is 0 Å². The molecule has 6 heteroatoms. The van der Waals surface area contributed by atoms with Gasteiger partial charge in [-0.25, -0.2) is 0 Å². The van der Waals surface area contributed by atoms with Crippen LogP contribution in [0.5, 0.6) is 0 Å². The molecule has 0 saturated heterocycles. The maximum atomic E-state index is 12.5. The van der Waals surface area contributed by atoms with Crippen molar-refractivity contribution in [3.8, 4) is 0 Å². The first-order valence-electron chi connectivity index (χ1n) is 31.1. The van der Waals surface area contributed by atoms with E-state index in [0.29, 0.717) is 19.4 Å². The van der Waals surface area contributed by atoms with E-state index in [0.717, 1.165) is 44.9 Å². The normalized spacial score (nSPS) is 12.7. The van der Waals surface area contributed by atoms with E-state index in [2.05, 4.69) is 31.3 Å². The average Bonchev–Trinajstić information content (AvgIpc) is 3.35. The van der Waals surface area contributed by atoms with Gasteiger partial charge in [0.05, 0.1) is 25.4 Å². The first-order valence-corrected chi connectivity index (χ1v) is 31.1. The SMILES string of the molecule is CCCC/C=C\CCCCCCCC(=O)OCCCCCCCCCCCCCCCCCCCCCCCCCCCCCC(=O)NC(CO)C(O)/C=C/CCCCCCCCCCCCCC. The van der Waals surface area contributed by atoms with Crippen LogP contribution >= 0.6 is 0 Å². The van der Waals surface area contributed by atoms with Crippen molar-refractivity contribution in [2.75, 3.05) is 13.2 Å². The van der Waals surface area contributed by atoms with E-state index in [9.17, 15) is 19.8 Å². The lowest BCUT2D eigenvalue weighted by molar-refractivity contribution is -0.143. The molecular weight excluding hydrogens is 851 g/mol. The Labute approximate surface area is 431 Å². The van der Waals surface area contributed by atoms with Gasteiger partial charge in [0.1, 0.15) is 0 Å². The highest BCUT2D eigenvalue weighted by atomic mass is 16.5. The molecule has 0 spiro atoms. The van der Waals surface area contributed by atoms with E-state index in [1.807, 2.05) is 6.08 Å². The molecule has 0 aromatic heterocycles. The maximum absolute atomic E-state index is 12.5. The fourth-order valence-corrected chi connectivity index (χ4v) is 9.68. The number of hydrogen-bond donors (Lipinski definition) is 3. The second kappa shape index (κ2) is 58.9. The second-order valence-electron chi connectivity index (χ2n) is 21.4. The highest BCUT2D eigenvalue weighted by molar-refractivity contribution is 5.76. The predicted octanol–water partition coefficient (Wildman–Crippen LogP) is 19.4. The van der Waals surface area contributed by atoms with Crippen LogP contribution in [-0.2, 0) is 14.3 Å². The number of aliphatic hydroxyl groups is 2. The summed E-state index contributed by atoms with van der Waals surface area (Å²) in [5.74, 6) is -0.0573. The molecule has 0 aliphatic carbocycles. The minimum Gasteiger partial charge on any atom is -0.466 e. The third-order valence-electron chi connectivity index (χ3n) is 14.5. The Balaban J connectivity index is 3.36. The zero-order chi connectivity index (χ0) is 50.0. The van der Waals surface area contributed by atoms with E-state index in [4.69, 9.17) is 4.74 Å². The zero-order valence-electron chi connectivity index (χ0n) is 46.6. The molecule has 0 bridgehead atoms. The summed E-state index contributed by atoms with van der Waals surface area (Å²) in [6, 6.07) is -0.625. The van der Waals surface area contributed by atoms with Gasteiger partial charge in [0.15, 0.2) is 0 Å². The summed E-state index contributed by atoms with van der Waals surface area (Å²) in [6.07, 6.45) is 72.3. The van der Waals surface area contributed by atoms with Gasteiger partial charge in [-0.05, 0) is 51.4 Å². The van der Waals surface area contributed by atoms with Crippen LogP contribution < -0.4 is 5.32 Å². The van der Waals surface area contributed by atoms with Gasteiger partial charge in [-0.15, -0.1) is 0 Å². The number of ether oxygens (including phenoxy) is 1. The monoisotopic (exact) mass is 972 g/mol. The maximum Gasteiger partial charge on any atom is 0.305 e. The fraction of sp³-hybridized carbons (Fsp3) is 0.905. The molecule has 0 fully saturated rings. The number of aliphatic hydroxyl groups excluding tert-OH is 2. The van der Waals surface area contributed by atoms with E-state index >= 15 is 0 Å². The van der Waals surface area contributed by atoms with Gasteiger partial charge in [0.2, 0.25) is 5.91 Å². The van der Waals surface area contributed by atoms with Crippen molar-refractivity contribution in [1.82, 2.24) is 5.32 Å². The number of rotatable bonds is 58. The molecule has 0 rings (SSSR count). The second-order valence-corrected chi connectivity index (χ2v) is 21.4. The first-order chi connectivity index (χ1) is 34.0. The van der Waals surface area contributed by atoms with Crippen molar-refractivity contribution in [2.24, 2.45) is 0 Å². The van der Waals surface area contributed by atoms with Crippen molar-refractivity contribution in [1.29, 1.82) is 0 Å². The van der Waals surface area contributed by atoms with Gasteiger partial charge >= 0.3 is 5.97 Å². The molecule has 2 atom stereocenters. The van der Waals surface area contributed by atoms with Crippen molar-refractivity contribution in [2.45, 2.75) is 353 Å². The highest BCUT2D eigenvalue weighted by Gasteiger charge is 2.18. The lowest BCUT2D eigenvalue weighted by Gasteiger charge is -2.20. The molecule has 3 N–H and O–H groups in total. The largest absolute Gasteiger partial charge is 0.466 e. The Hall–Kier alpha value is -1.66. The molecule has 0 aliphatic heterocycles. The number of amides is 1. The van der Waals surface area contributed by atoms with Crippen LogP contribution in [0.2, 0.25) is 0 Å². The van der Waals surface area contributed by atoms with Crippen LogP contribution in [0.3, 0.4) is 0 Å². The Bertz CT molecular complexity index is 1080. The number of unbranched alkanes of at least 4 members (excludes halogenated alkanes) is 45. The first kappa shape index (κ1) is 67.3. The Morgan fingerprint density at radius 2 is 0.696 bits per heavy atom. The van der Waals surface area contributed by atoms with Crippen LogP contribution in [0.1, 0.15) is 341 Å². The quantitative estimate of drug-likeness (QED) is 0.0321. The van der Waals surface area contributed by atoms with Crippen LogP contribution in [0.15, 0.2) is 24.3 Å². The predicted molar refractivity (Wildman–Crippen MR) is 301 cm³/mol. The van der Waals surface area contributed by atoms with Gasteiger partial charge in [-0.3, -0.25) is 9.59 Å². The van der Waals surface area contributed by atoms with E-state index < -0.39 is 12.1 Å². The minimum atomic E-state index is -0.841. The molecule has 0 radical (unpaired) electrons. The van der Waals surface area contributed by atoms with E-state index in [1.54, 1.807) is 6.08 Å². The molecule has 69 heavy (non-hydrogen) atoms. The molecule has 0 heterocycles. The lowest BCUT2D eigenvalue weighted by Crippen LogP contribution is -2.45. The molecule has 0 aliphatic rings. The molecule has 2 unspecified atom stereocenters. The topological polar surface area (TPSA) is 95.9 Å². The minimum absolute atomic E-state index is 0.00667. The number of allylic oxidation sites excluding steroid dienone is 3. The van der Waals surface area contributed by atoms with E-state index in [-0.39, 0.29) is 18.5 Å². The molecule has 408 valence electrons. The summed E-state index contributed by atoms with van der Waals surface area (Å²) in [5.41, 5.74) is 0. The van der Waals surface area contributed by atoms with Crippen LogP contribution in [0.4, 0.5) is 0 Å². The number of nitrogens with one attached hydrogen (secondary N) is 1. The molecular formula is C63H121NO5. The van der Waals surface area contributed by atoms with E-state index in [1.165, 1.54) is 270 Å². The summed E-state index contributed by atoms with van der Waals surface area (Å²) in [7, 11) is 0. The average molecular weight is 973 g/mol. The fourth-order valence-electron chi connectivity index (χ4n) is 9.68. The van der Waals surface area contributed by atoms with Gasteiger partial charge < -0.3 is 20.3 Å². The molecule has 0 aromatic carbocycles. The van der Waals surface area contributed by atoms with Crippen LogP contribution in [-0.4, -0.2) is 47.4 Å². The Morgan fingerprint density at radius 3 is 1.07 bits per heavy atom. The van der Waals surface area contributed by atoms with Gasteiger partial charge in [0, 0.05) is 12.8 Å². The lowest BCUT2D eigenvalue weighted by atomic mass is 10.0. The Morgan fingerprint density at radius 1 is 0.391 bits per heavy atom. The number of hydrogen-bond acceptors (Lipinski definition) is 5. The Kier molecular flexibility index (Phi) is 57.5. The summed E-state index contributed by atoms with van der Waals surface area (Å²) < 4.78 is 5.46. The van der Waals surface area contributed by atoms with Gasteiger partial charge in [-0.1, -0.05) is 301 Å². The summed E-state index contributed by atoms with van der Waals surface area (Å²) in [4.78, 5) is 24.4. The summed E-state index contributed by atoms with van der Waals surface area (Å²) in [6.45, 7) is 4.88. The third-order valence-corrected chi connectivity index (χ3v) is 14.5. The summed E-state index contributed by atoms with van der Waals surface area (Å²) in [5, 5.41) is 23.1. The van der Waals surface area contributed by atoms with Crippen molar-refractivity contribution >= 4 is 11.9 Å². The van der Waals surface area contributed by atoms with Gasteiger partial charge in [-0.2, -0.15) is 0 Å². The number of carbonyl (C=O) groups is 2. The summed E-state index contributed by atoms with van der Waals surface area (Å²) >= 11 is 0. The highest BCUT2D eigenvalue weighted by Crippen LogP contribution is 2.18. The molecule has 0 aromatic rings. The molecule has 1 amide bonds. The van der Waals surface area contributed by atoms with Crippen LogP contribution in [0, 0.1) is 0 Å². The van der Waals surface area contributed by atoms with Crippen molar-refractivity contribution in [3.63, 3.8) is 0 Å². The standard InChI is InChI=1S/C63H121NO5/c1-3-5-7-9-11-13-15-16-32-36-39-43-47-51-55-61(66)60(59-65)64-62(67)56-52-48-44-40-37-33-30-28-26-24-22-20-18-17-19-21-23-25-27-29-31-34-38-42-46-50-54-58-69-63(68)57-53-49-45-41-35-14-12-10-8-6-4-2/h10,12,51,55,60-61,65-66H,3-9,11,13-50,52-54,56-59H2,1-2H3,(H,64,67)/b12-10-,55-51+. The number of carbonyl (C=O) groups excluding carboxylic acids is 2. The zero-order valence-corrected chi connectivity index (χ0v) is 46.6. The molecule has 6 nitrogen and oxygen atoms in total. The smallest absolute Gasteiger partial charge is 0.305 e. The molecule has 0 saturated carbocycles. The number of esters is 1. The van der Waals surface area contributed by atoms with Crippen molar-refractivity contribution < 1.29 is 24.5 Å².